The van der Waals surface area contributed by atoms with Crippen LogP contribution in [0.5, 0.6) is 0 Å². The second-order valence-corrected chi connectivity index (χ2v) is 9.35. The normalized spacial score (nSPS) is 13.1. The Hall–Kier alpha value is -2.06. The summed E-state index contributed by atoms with van der Waals surface area (Å²) >= 11 is 0. The molecule has 0 N–H and O–H groups in total. The zero-order chi connectivity index (χ0) is 20.5. The van der Waals surface area contributed by atoms with E-state index in [0.717, 1.165) is 43.8 Å². The van der Waals surface area contributed by atoms with E-state index in [9.17, 15) is 20.2 Å². The highest BCUT2D eigenvalue weighted by Crippen LogP contribution is 2.35. The molecule has 2 aromatic carbocycles. The molecular weight excluding hydrogens is 396 g/mol. The summed E-state index contributed by atoms with van der Waals surface area (Å²) < 4.78 is 0. The van der Waals surface area contributed by atoms with Crippen molar-refractivity contribution in [3.8, 4) is 0 Å². The molecule has 2 rings (SSSR count). The Morgan fingerprint density at radius 1 is 0.714 bits per heavy atom. The number of nitro groups is 2. The third-order valence-electron chi connectivity index (χ3n) is 4.35. The van der Waals surface area contributed by atoms with Crippen LogP contribution >= 0.6 is 21.6 Å². The number of rotatable bonds is 11. The van der Waals surface area contributed by atoms with Crippen molar-refractivity contribution in [2.24, 2.45) is 0 Å². The Kier molecular flexibility index (Phi) is 8.79. The second-order valence-electron chi connectivity index (χ2n) is 6.72. The molecule has 28 heavy (non-hydrogen) atoms. The Morgan fingerprint density at radius 2 is 1.04 bits per heavy atom. The quantitative estimate of drug-likeness (QED) is 0.208. The van der Waals surface area contributed by atoms with Gasteiger partial charge < -0.3 is 0 Å². The van der Waals surface area contributed by atoms with Gasteiger partial charge in [0.25, 0.3) is 10.7 Å². The first-order valence-corrected chi connectivity index (χ1v) is 11.3. The second kappa shape index (κ2) is 11.1. The van der Waals surface area contributed by atoms with Crippen molar-refractivity contribution in [1.82, 2.24) is 0 Å². The molecule has 0 aliphatic rings. The highest BCUT2D eigenvalue weighted by molar-refractivity contribution is 8.77. The van der Waals surface area contributed by atoms with Crippen LogP contribution < -0.4 is 0 Å². The van der Waals surface area contributed by atoms with Crippen molar-refractivity contribution in [1.29, 1.82) is 0 Å². The van der Waals surface area contributed by atoms with Crippen LogP contribution in [0.15, 0.2) is 48.5 Å². The van der Waals surface area contributed by atoms with Crippen LogP contribution in [0.3, 0.4) is 0 Å². The lowest BCUT2D eigenvalue weighted by Gasteiger charge is -2.12. The molecule has 2 aromatic rings. The van der Waals surface area contributed by atoms with E-state index in [0.29, 0.717) is 25.7 Å². The molecule has 0 fully saturated rings. The van der Waals surface area contributed by atoms with Gasteiger partial charge in [0.2, 0.25) is 0 Å². The van der Waals surface area contributed by atoms with Gasteiger partial charge >= 0.3 is 0 Å². The van der Waals surface area contributed by atoms with Crippen LogP contribution in [-0.2, 0) is 12.8 Å². The van der Waals surface area contributed by atoms with E-state index in [1.54, 1.807) is 0 Å². The van der Waals surface area contributed by atoms with Gasteiger partial charge in [0.05, 0.1) is 0 Å². The largest absolute Gasteiger partial charge is 0.268 e. The maximum absolute atomic E-state index is 11.4. The molecule has 0 amide bonds. The minimum atomic E-state index is -0.867. The van der Waals surface area contributed by atoms with Crippen LogP contribution in [0.2, 0.25) is 0 Å². The van der Waals surface area contributed by atoms with E-state index in [-0.39, 0.29) is 9.85 Å². The van der Waals surface area contributed by atoms with E-state index in [2.05, 4.69) is 0 Å². The molecule has 2 unspecified atom stereocenters. The summed E-state index contributed by atoms with van der Waals surface area (Å²) in [7, 11) is 2.00. The smallest absolute Gasteiger partial charge is 0.263 e. The van der Waals surface area contributed by atoms with Gasteiger partial charge in [-0.15, -0.1) is 0 Å². The summed E-state index contributed by atoms with van der Waals surface area (Å²) in [6.45, 7) is 3.98. The summed E-state index contributed by atoms with van der Waals surface area (Å²) in [5.41, 5.74) is 4.35. The predicted octanol–water partition coefficient (Wildman–Crippen LogP) is 5.46. The first-order chi connectivity index (χ1) is 13.3. The number of aryl methyl sites for hydroxylation is 4. The van der Waals surface area contributed by atoms with Gasteiger partial charge in [0.1, 0.15) is 0 Å². The predicted molar refractivity (Wildman–Crippen MR) is 116 cm³/mol. The highest BCUT2D eigenvalue weighted by atomic mass is 33.1. The molecule has 0 aliphatic heterocycles. The third-order valence-corrected chi connectivity index (χ3v) is 7.39. The number of benzene rings is 2. The molecule has 0 saturated heterocycles. The average molecular weight is 421 g/mol. The number of hydrogen-bond acceptors (Lipinski definition) is 6. The monoisotopic (exact) mass is 420 g/mol. The lowest BCUT2D eigenvalue weighted by molar-refractivity contribution is -0.497. The van der Waals surface area contributed by atoms with Crippen molar-refractivity contribution < 1.29 is 9.85 Å². The van der Waals surface area contributed by atoms with E-state index < -0.39 is 10.7 Å². The summed E-state index contributed by atoms with van der Waals surface area (Å²) in [4.78, 5) is 22.1. The van der Waals surface area contributed by atoms with Crippen LogP contribution in [0.4, 0.5) is 0 Å². The fourth-order valence-electron chi connectivity index (χ4n) is 2.60. The fourth-order valence-corrected chi connectivity index (χ4v) is 5.19. The average Bonchev–Trinajstić information content (AvgIpc) is 2.66. The minimum absolute atomic E-state index is 0.343. The summed E-state index contributed by atoms with van der Waals surface area (Å²) in [5, 5.41) is 21.0. The van der Waals surface area contributed by atoms with Gasteiger partial charge in [-0.05, 0) is 59.4 Å². The summed E-state index contributed by atoms with van der Waals surface area (Å²) in [5.74, 6) is 0. The molecule has 2 atom stereocenters. The number of hydrogen-bond donors (Lipinski definition) is 0. The topological polar surface area (TPSA) is 86.3 Å². The maximum atomic E-state index is 11.4. The first-order valence-electron chi connectivity index (χ1n) is 9.05. The van der Waals surface area contributed by atoms with Gasteiger partial charge in [-0.25, -0.2) is 0 Å². The molecule has 0 aliphatic carbocycles. The molecular formula is C20H24N2O4S2. The molecule has 150 valence electrons. The first kappa shape index (κ1) is 22.2. The fraction of sp³-hybridized carbons (Fsp3) is 0.400. The van der Waals surface area contributed by atoms with Crippen LogP contribution in [0.1, 0.15) is 35.1 Å². The minimum Gasteiger partial charge on any atom is -0.263 e. The molecule has 0 saturated carbocycles. The Balaban J connectivity index is 1.87. The zero-order valence-corrected chi connectivity index (χ0v) is 17.6. The Bertz CT molecular complexity index is 714. The van der Waals surface area contributed by atoms with Crippen LogP contribution in [0, 0.1) is 34.1 Å². The van der Waals surface area contributed by atoms with Gasteiger partial charge in [-0.2, -0.15) is 0 Å². The van der Waals surface area contributed by atoms with Gasteiger partial charge in [-0.3, -0.25) is 20.2 Å². The zero-order valence-electron chi connectivity index (χ0n) is 15.9. The van der Waals surface area contributed by atoms with E-state index in [4.69, 9.17) is 0 Å². The van der Waals surface area contributed by atoms with Gasteiger partial charge in [-0.1, -0.05) is 59.7 Å². The van der Waals surface area contributed by atoms with E-state index in [1.807, 2.05) is 62.4 Å². The molecule has 0 radical (unpaired) electrons. The summed E-state index contributed by atoms with van der Waals surface area (Å²) in [6, 6.07) is 15.8. The Labute approximate surface area is 172 Å². The van der Waals surface area contributed by atoms with Crippen molar-refractivity contribution in [2.75, 3.05) is 0 Å². The molecule has 0 heterocycles. The van der Waals surface area contributed by atoms with Gasteiger partial charge in [0.15, 0.2) is 0 Å². The van der Waals surface area contributed by atoms with E-state index >= 15 is 0 Å². The standard InChI is InChI=1S/C20H24N2O4S2/c1-15-3-7-17(8-4-15)11-13-19(21(23)24)27-28-20(22(25)26)14-12-18-9-5-16(2)6-10-18/h3-10,19-20H,11-14H2,1-2H3. The van der Waals surface area contributed by atoms with Crippen molar-refractivity contribution >= 4 is 21.6 Å². The molecule has 6 nitrogen and oxygen atoms in total. The molecule has 0 aromatic heterocycles. The lowest BCUT2D eigenvalue weighted by Crippen LogP contribution is -2.19. The van der Waals surface area contributed by atoms with Crippen LogP contribution in [0.25, 0.3) is 0 Å². The van der Waals surface area contributed by atoms with Crippen molar-refractivity contribution in [3.05, 3.63) is 91.0 Å². The van der Waals surface area contributed by atoms with Crippen molar-refractivity contribution in [3.63, 3.8) is 0 Å². The highest BCUT2D eigenvalue weighted by Gasteiger charge is 2.28. The molecule has 0 bridgehead atoms. The SMILES string of the molecule is Cc1ccc(CCC(SSC(CCc2ccc(C)cc2)[N+](=O)[O-])[N+](=O)[O-])cc1. The van der Waals surface area contributed by atoms with Crippen molar-refractivity contribution in [2.45, 2.75) is 50.3 Å². The molecule has 0 spiro atoms. The molecule has 8 heteroatoms. The third kappa shape index (κ3) is 7.52. The lowest BCUT2D eigenvalue weighted by atomic mass is 10.1. The number of nitrogens with zero attached hydrogens (tertiary/aromatic N) is 2. The summed E-state index contributed by atoms with van der Waals surface area (Å²) in [6.07, 6.45) is 1.84. The van der Waals surface area contributed by atoms with Crippen LogP contribution in [-0.4, -0.2) is 20.6 Å². The maximum Gasteiger partial charge on any atom is 0.268 e. The van der Waals surface area contributed by atoms with Gasteiger partial charge in [0, 0.05) is 22.7 Å². The Morgan fingerprint density at radius 3 is 1.32 bits per heavy atom. The van der Waals surface area contributed by atoms with E-state index in [1.165, 1.54) is 0 Å².